The van der Waals surface area contributed by atoms with Crippen LogP contribution in [0.1, 0.15) is 16.7 Å². The molecule has 0 radical (unpaired) electrons. The highest BCUT2D eigenvalue weighted by molar-refractivity contribution is 5.68. The highest BCUT2D eigenvalue weighted by Crippen LogP contribution is 2.32. The summed E-state index contributed by atoms with van der Waals surface area (Å²) >= 11 is 0. The van der Waals surface area contributed by atoms with Crippen molar-refractivity contribution in [3.8, 4) is 22.6 Å². The topological polar surface area (TPSA) is 38.9 Å². The number of hydrogen-bond donors (Lipinski definition) is 0. The van der Waals surface area contributed by atoms with Gasteiger partial charge in [-0.05, 0) is 36.2 Å². The lowest BCUT2D eigenvalue weighted by Gasteiger charge is -2.09. The summed E-state index contributed by atoms with van der Waals surface area (Å²) in [6.45, 7) is 2.10. The summed E-state index contributed by atoms with van der Waals surface area (Å²) in [5, 5.41) is 0. The number of nitrogens with zero attached hydrogens (tertiary/aromatic N) is 2. The first-order chi connectivity index (χ1) is 12.3. The second kappa shape index (κ2) is 6.73. The Morgan fingerprint density at radius 1 is 0.840 bits per heavy atom. The van der Waals surface area contributed by atoms with Gasteiger partial charge in [0.25, 0.3) is 0 Å². The van der Waals surface area contributed by atoms with Crippen LogP contribution in [0.5, 0.6) is 0 Å². The Hall–Kier alpha value is -3.20. The summed E-state index contributed by atoms with van der Waals surface area (Å²) in [5.74, 6) is 1.76. The first-order valence-corrected chi connectivity index (χ1v) is 8.28. The molecule has 4 aromatic rings. The van der Waals surface area contributed by atoms with Gasteiger partial charge in [0.1, 0.15) is 17.8 Å². The molecule has 0 spiro atoms. The van der Waals surface area contributed by atoms with Gasteiger partial charge >= 0.3 is 0 Å². The molecular formula is C22H18N2O. The molecule has 2 aromatic heterocycles. The maximum Gasteiger partial charge on any atom is 0.135 e. The van der Waals surface area contributed by atoms with Crippen molar-refractivity contribution in [3.05, 3.63) is 96.1 Å². The predicted octanol–water partition coefficient (Wildman–Crippen LogP) is 5.30. The van der Waals surface area contributed by atoms with Gasteiger partial charge in [-0.2, -0.15) is 0 Å². The second-order valence-electron chi connectivity index (χ2n) is 6.11. The zero-order chi connectivity index (χ0) is 17.1. The van der Waals surface area contributed by atoms with E-state index >= 15 is 0 Å². The molecule has 0 aliphatic heterocycles. The number of hydrogen-bond acceptors (Lipinski definition) is 3. The van der Waals surface area contributed by atoms with E-state index in [9.17, 15) is 0 Å². The van der Waals surface area contributed by atoms with Crippen molar-refractivity contribution in [1.29, 1.82) is 0 Å². The molecule has 0 fully saturated rings. The fourth-order valence-corrected chi connectivity index (χ4v) is 2.96. The van der Waals surface area contributed by atoms with Crippen LogP contribution in [0, 0.1) is 6.92 Å². The molecule has 3 nitrogen and oxygen atoms in total. The minimum atomic E-state index is 0.776. The van der Waals surface area contributed by atoms with Crippen molar-refractivity contribution in [2.45, 2.75) is 13.3 Å². The minimum Gasteiger partial charge on any atom is -0.456 e. The quantitative estimate of drug-likeness (QED) is 0.510. The van der Waals surface area contributed by atoms with Crippen LogP contribution in [0.25, 0.3) is 22.6 Å². The average Bonchev–Trinajstić information content (AvgIpc) is 3.15. The summed E-state index contributed by atoms with van der Waals surface area (Å²) in [5.41, 5.74) is 5.70. The molecule has 25 heavy (non-hydrogen) atoms. The molecule has 0 bridgehead atoms. The first kappa shape index (κ1) is 15.3. The summed E-state index contributed by atoms with van der Waals surface area (Å²) in [6, 6.07) is 20.7. The van der Waals surface area contributed by atoms with Crippen molar-refractivity contribution >= 4 is 0 Å². The van der Waals surface area contributed by atoms with E-state index in [-0.39, 0.29) is 0 Å². The maximum absolute atomic E-state index is 6.16. The predicted molar refractivity (Wildman–Crippen MR) is 99.2 cm³/mol. The highest BCUT2D eigenvalue weighted by Gasteiger charge is 2.12. The zero-order valence-electron chi connectivity index (χ0n) is 14.0. The van der Waals surface area contributed by atoms with Crippen molar-refractivity contribution < 1.29 is 4.42 Å². The fourth-order valence-electron chi connectivity index (χ4n) is 2.96. The van der Waals surface area contributed by atoms with Crippen LogP contribution in [0.3, 0.4) is 0 Å². The normalized spacial score (nSPS) is 10.8. The van der Waals surface area contributed by atoms with E-state index in [1.54, 1.807) is 6.33 Å². The molecule has 0 amide bonds. The van der Waals surface area contributed by atoms with E-state index in [1.807, 2.05) is 42.7 Å². The van der Waals surface area contributed by atoms with Crippen molar-refractivity contribution in [3.63, 3.8) is 0 Å². The third-order valence-corrected chi connectivity index (χ3v) is 4.20. The Morgan fingerprint density at radius 3 is 2.40 bits per heavy atom. The van der Waals surface area contributed by atoms with Gasteiger partial charge in [-0.25, -0.2) is 9.97 Å². The minimum absolute atomic E-state index is 0.776. The third kappa shape index (κ3) is 3.36. The molecule has 0 atom stereocenters. The van der Waals surface area contributed by atoms with Crippen molar-refractivity contribution in [2.75, 3.05) is 0 Å². The van der Waals surface area contributed by atoms with E-state index in [0.29, 0.717) is 0 Å². The molecule has 0 aliphatic rings. The van der Waals surface area contributed by atoms with E-state index in [1.165, 1.54) is 11.1 Å². The van der Waals surface area contributed by atoms with Gasteiger partial charge in [0, 0.05) is 29.9 Å². The van der Waals surface area contributed by atoms with Gasteiger partial charge in [0.05, 0.1) is 0 Å². The molecule has 122 valence electrons. The molecule has 0 aliphatic carbocycles. The zero-order valence-corrected chi connectivity index (χ0v) is 14.0. The van der Waals surface area contributed by atoms with Crippen molar-refractivity contribution in [1.82, 2.24) is 9.97 Å². The van der Waals surface area contributed by atoms with E-state index in [2.05, 4.69) is 47.2 Å². The smallest absolute Gasteiger partial charge is 0.135 e. The average molecular weight is 326 g/mol. The summed E-state index contributed by atoms with van der Waals surface area (Å²) < 4.78 is 6.16. The highest BCUT2D eigenvalue weighted by atomic mass is 16.3. The third-order valence-electron chi connectivity index (χ3n) is 4.20. The Morgan fingerprint density at radius 2 is 1.60 bits per heavy atom. The van der Waals surface area contributed by atoms with Gasteiger partial charge in [-0.1, -0.05) is 48.0 Å². The monoisotopic (exact) mass is 326 g/mol. The number of rotatable bonds is 4. The van der Waals surface area contributed by atoms with Crippen LogP contribution in [0.15, 0.2) is 83.8 Å². The molecule has 0 N–H and O–H groups in total. The first-order valence-electron chi connectivity index (χ1n) is 8.28. The van der Waals surface area contributed by atoms with Crippen LogP contribution in [-0.4, -0.2) is 9.97 Å². The summed E-state index contributed by atoms with van der Waals surface area (Å²) in [6.07, 6.45) is 6.04. The van der Waals surface area contributed by atoms with Gasteiger partial charge in [0.15, 0.2) is 0 Å². The molecule has 2 heterocycles. The Balaban J connectivity index is 1.73. The summed E-state index contributed by atoms with van der Waals surface area (Å²) in [4.78, 5) is 8.22. The van der Waals surface area contributed by atoms with Crippen LogP contribution in [-0.2, 0) is 6.42 Å². The number of benzene rings is 2. The Labute approximate surface area is 147 Å². The van der Waals surface area contributed by atoms with Crippen LogP contribution in [0.4, 0.5) is 0 Å². The molecule has 0 unspecified atom stereocenters. The standard InChI is InChI=1S/C22H18N2O/c1-16-7-8-19(12-17-13-23-15-24-14-17)20(11-16)22-10-9-21(25-22)18-5-3-2-4-6-18/h2-11,13-15H,12H2,1H3. The molecule has 4 rings (SSSR count). The van der Waals surface area contributed by atoms with Crippen molar-refractivity contribution in [2.24, 2.45) is 0 Å². The van der Waals surface area contributed by atoms with Gasteiger partial charge in [-0.3, -0.25) is 0 Å². The van der Waals surface area contributed by atoms with E-state index < -0.39 is 0 Å². The largest absolute Gasteiger partial charge is 0.456 e. The van der Waals surface area contributed by atoms with Gasteiger partial charge in [-0.15, -0.1) is 0 Å². The molecule has 3 heteroatoms. The molecule has 0 saturated carbocycles. The maximum atomic E-state index is 6.16. The molecule has 2 aromatic carbocycles. The molecule has 0 saturated heterocycles. The van der Waals surface area contributed by atoms with E-state index in [0.717, 1.165) is 34.6 Å². The lowest BCUT2D eigenvalue weighted by Crippen LogP contribution is -1.94. The Kier molecular flexibility index (Phi) is 4.13. The summed E-state index contributed by atoms with van der Waals surface area (Å²) in [7, 11) is 0. The SMILES string of the molecule is Cc1ccc(Cc2cncnc2)c(-c2ccc(-c3ccccc3)o2)c1. The van der Waals surface area contributed by atoms with Crippen LogP contribution >= 0.6 is 0 Å². The Bertz CT molecular complexity index is 975. The van der Waals surface area contributed by atoms with E-state index in [4.69, 9.17) is 4.42 Å². The van der Waals surface area contributed by atoms with Gasteiger partial charge < -0.3 is 4.42 Å². The lowest BCUT2D eigenvalue weighted by molar-refractivity contribution is 0.596. The second-order valence-corrected chi connectivity index (χ2v) is 6.11. The number of furan rings is 1. The van der Waals surface area contributed by atoms with Crippen LogP contribution < -0.4 is 0 Å². The number of aromatic nitrogens is 2. The lowest BCUT2D eigenvalue weighted by atomic mass is 9.98. The molecular weight excluding hydrogens is 308 g/mol. The van der Waals surface area contributed by atoms with Crippen LogP contribution in [0.2, 0.25) is 0 Å². The number of aryl methyl sites for hydroxylation is 1. The fraction of sp³-hybridized carbons (Fsp3) is 0.0909. The van der Waals surface area contributed by atoms with Gasteiger partial charge in [0.2, 0.25) is 0 Å².